The molecule has 0 aliphatic heterocycles. The van der Waals surface area contributed by atoms with E-state index < -0.39 is 0 Å². The molecule has 0 spiro atoms. The molecule has 2 aromatic heterocycles. The molecule has 0 radical (unpaired) electrons. The molecule has 1 saturated carbocycles. The Morgan fingerprint density at radius 2 is 1.78 bits per heavy atom. The predicted octanol–water partition coefficient (Wildman–Crippen LogP) is 5.62. The minimum Gasteiger partial charge on any atom is -0.493 e. The Balaban J connectivity index is 1.50. The van der Waals surface area contributed by atoms with Gasteiger partial charge < -0.3 is 14.4 Å². The number of amides is 1. The third-order valence-corrected chi connectivity index (χ3v) is 7.00. The average Bonchev–Trinajstić information content (AvgIpc) is 3.68. The fourth-order valence-electron chi connectivity index (χ4n) is 4.91. The van der Waals surface area contributed by atoms with Crippen LogP contribution < -0.4 is 9.47 Å². The van der Waals surface area contributed by atoms with Crippen molar-refractivity contribution in [2.24, 2.45) is 0 Å². The van der Waals surface area contributed by atoms with Crippen molar-refractivity contribution in [3.8, 4) is 22.8 Å². The van der Waals surface area contributed by atoms with E-state index in [0.29, 0.717) is 31.0 Å². The van der Waals surface area contributed by atoms with Gasteiger partial charge in [-0.3, -0.25) is 9.48 Å². The van der Waals surface area contributed by atoms with Crippen LogP contribution >= 0.6 is 0 Å². The minimum absolute atomic E-state index is 0.150. The maximum atomic E-state index is 13.5. The quantitative estimate of drug-likeness (QED) is 0.299. The van der Waals surface area contributed by atoms with E-state index in [1.54, 1.807) is 14.2 Å². The number of carbonyl (C=O) groups excluding carboxylic acids is 1. The van der Waals surface area contributed by atoms with Crippen molar-refractivity contribution >= 4 is 16.8 Å². The number of rotatable bonds is 9. The molecule has 1 aliphatic carbocycles. The zero-order valence-electron chi connectivity index (χ0n) is 22.2. The average molecular weight is 499 g/mol. The van der Waals surface area contributed by atoms with Gasteiger partial charge in [0, 0.05) is 42.2 Å². The van der Waals surface area contributed by atoms with Gasteiger partial charge in [-0.2, -0.15) is 5.10 Å². The number of carbonyl (C=O) groups is 1. The summed E-state index contributed by atoms with van der Waals surface area (Å²) in [6.07, 6.45) is 2.50. The van der Waals surface area contributed by atoms with Crippen molar-refractivity contribution in [2.75, 3.05) is 14.2 Å². The second-order valence-electron chi connectivity index (χ2n) is 9.92. The van der Waals surface area contributed by atoms with Gasteiger partial charge in [-0.25, -0.2) is 4.98 Å². The first-order chi connectivity index (χ1) is 17.9. The van der Waals surface area contributed by atoms with Crippen LogP contribution in [0.15, 0.2) is 48.5 Å². The summed E-state index contributed by atoms with van der Waals surface area (Å²) in [6.45, 7) is 7.18. The Hall–Kier alpha value is -3.87. The Bertz CT molecular complexity index is 1450. The van der Waals surface area contributed by atoms with Crippen molar-refractivity contribution in [1.29, 1.82) is 0 Å². The van der Waals surface area contributed by atoms with Gasteiger partial charge in [0.2, 0.25) is 5.91 Å². The van der Waals surface area contributed by atoms with Gasteiger partial charge in [-0.15, -0.1) is 0 Å². The van der Waals surface area contributed by atoms with Gasteiger partial charge >= 0.3 is 0 Å². The lowest BCUT2D eigenvalue weighted by atomic mass is 10.0. The van der Waals surface area contributed by atoms with E-state index in [1.165, 1.54) is 0 Å². The fraction of sp³-hybridized carbons (Fsp3) is 0.367. The standard InChI is InChI=1S/C30H34N4O3/c1-19-6-7-22-16-24(30(31-26(22)14-19)23-8-11-27(36-4)28(17-23)37-5)18-33(25-9-10-25)29(35)12-13-34-21(3)15-20(2)32-34/h6-8,11,14-17,25H,9-10,12-13,18H2,1-5H3. The molecule has 2 heterocycles. The van der Waals surface area contributed by atoms with Gasteiger partial charge in [0.25, 0.3) is 0 Å². The maximum absolute atomic E-state index is 13.5. The summed E-state index contributed by atoms with van der Waals surface area (Å²) in [6, 6.07) is 16.7. The lowest BCUT2D eigenvalue weighted by Gasteiger charge is -2.24. The molecule has 1 amide bonds. The first-order valence-corrected chi connectivity index (χ1v) is 12.8. The second-order valence-corrected chi connectivity index (χ2v) is 9.92. The number of hydrogen-bond donors (Lipinski definition) is 0. The third kappa shape index (κ3) is 5.31. The Kier molecular flexibility index (Phi) is 6.87. The Morgan fingerprint density at radius 3 is 2.46 bits per heavy atom. The van der Waals surface area contributed by atoms with Crippen LogP contribution in [0.5, 0.6) is 11.5 Å². The smallest absolute Gasteiger partial charge is 0.224 e. The highest BCUT2D eigenvalue weighted by Gasteiger charge is 2.33. The highest BCUT2D eigenvalue weighted by atomic mass is 16.5. The SMILES string of the molecule is COc1ccc(-c2nc3cc(C)ccc3cc2CN(C(=O)CCn2nc(C)cc2C)C2CC2)cc1OC. The van der Waals surface area contributed by atoms with Gasteiger partial charge in [0.15, 0.2) is 11.5 Å². The van der Waals surface area contributed by atoms with E-state index in [0.717, 1.165) is 57.5 Å². The van der Waals surface area contributed by atoms with Crippen molar-refractivity contribution in [3.05, 3.63) is 71.0 Å². The van der Waals surface area contributed by atoms with Gasteiger partial charge in [0.1, 0.15) is 0 Å². The highest BCUT2D eigenvalue weighted by Crippen LogP contribution is 2.36. The van der Waals surface area contributed by atoms with E-state index in [2.05, 4.69) is 36.3 Å². The van der Waals surface area contributed by atoms with Crippen LogP contribution in [0.3, 0.4) is 0 Å². The molecule has 4 aromatic rings. The molecule has 7 heteroatoms. The highest BCUT2D eigenvalue weighted by molar-refractivity contribution is 5.85. The largest absolute Gasteiger partial charge is 0.493 e. The number of aryl methyl sites for hydroxylation is 4. The number of methoxy groups -OCH3 is 2. The van der Waals surface area contributed by atoms with E-state index >= 15 is 0 Å². The summed E-state index contributed by atoms with van der Waals surface area (Å²) >= 11 is 0. The van der Waals surface area contributed by atoms with Crippen LogP contribution in [-0.4, -0.2) is 45.8 Å². The lowest BCUT2D eigenvalue weighted by Crippen LogP contribution is -2.33. The second kappa shape index (κ2) is 10.2. The molecule has 5 rings (SSSR count). The topological polar surface area (TPSA) is 69.5 Å². The summed E-state index contributed by atoms with van der Waals surface area (Å²) in [5.41, 5.74) is 6.95. The summed E-state index contributed by atoms with van der Waals surface area (Å²) in [5, 5.41) is 5.59. The predicted molar refractivity (Wildman–Crippen MR) is 145 cm³/mol. The lowest BCUT2D eigenvalue weighted by molar-refractivity contribution is -0.132. The van der Waals surface area contributed by atoms with Gasteiger partial charge in [-0.05, 0) is 81.1 Å². The van der Waals surface area contributed by atoms with E-state index in [9.17, 15) is 4.79 Å². The summed E-state index contributed by atoms with van der Waals surface area (Å²) in [7, 11) is 3.27. The van der Waals surface area contributed by atoms with E-state index in [-0.39, 0.29) is 11.9 Å². The molecule has 2 aromatic carbocycles. The number of ether oxygens (including phenoxy) is 2. The molecule has 0 saturated heterocycles. The van der Waals surface area contributed by atoms with Gasteiger partial charge in [0.05, 0.1) is 31.1 Å². The van der Waals surface area contributed by atoms with Crippen LogP contribution in [0.4, 0.5) is 0 Å². The summed E-state index contributed by atoms with van der Waals surface area (Å²) < 4.78 is 12.9. The first kappa shape index (κ1) is 24.8. The molecular weight excluding hydrogens is 464 g/mol. The van der Waals surface area contributed by atoms with Crippen LogP contribution in [-0.2, 0) is 17.9 Å². The van der Waals surface area contributed by atoms with Crippen molar-refractivity contribution in [3.63, 3.8) is 0 Å². The van der Waals surface area contributed by atoms with Crippen molar-refractivity contribution < 1.29 is 14.3 Å². The normalized spacial score (nSPS) is 13.1. The van der Waals surface area contributed by atoms with Crippen LogP contribution in [0.25, 0.3) is 22.2 Å². The molecule has 7 nitrogen and oxygen atoms in total. The number of pyridine rings is 1. The van der Waals surface area contributed by atoms with Crippen molar-refractivity contribution in [1.82, 2.24) is 19.7 Å². The molecule has 0 atom stereocenters. The summed E-state index contributed by atoms with van der Waals surface area (Å²) in [5.74, 6) is 1.47. The van der Waals surface area contributed by atoms with Crippen LogP contribution in [0.1, 0.15) is 41.8 Å². The molecule has 37 heavy (non-hydrogen) atoms. The number of benzene rings is 2. The molecule has 1 aliphatic rings. The number of hydrogen-bond acceptors (Lipinski definition) is 5. The third-order valence-electron chi connectivity index (χ3n) is 7.00. The Morgan fingerprint density at radius 1 is 1.00 bits per heavy atom. The zero-order valence-corrected chi connectivity index (χ0v) is 22.2. The van der Waals surface area contributed by atoms with E-state index in [1.807, 2.05) is 47.7 Å². The zero-order chi connectivity index (χ0) is 26.1. The van der Waals surface area contributed by atoms with Gasteiger partial charge in [-0.1, -0.05) is 12.1 Å². The van der Waals surface area contributed by atoms with Crippen LogP contribution in [0.2, 0.25) is 0 Å². The number of aromatic nitrogens is 3. The molecule has 0 N–H and O–H groups in total. The number of nitrogens with zero attached hydrogens (tertiary/aromatic N) is 4. The Labute approximate surface area is 218 Å². The monoisotopic (exact) mass is 498 g/mol. The maximum Gasteiger partial charge on any atom is 0.224 e. The molecule has 1 fully saturated rings. The van der Waals surface area contributed by atoms with Crippen LogP contribution in [0, 0.1) is 20.8 Å². The van der Waals surface area contributed by atoms with Crippen molar-refractivity contribution in [2.45, 2.75) is 59.2 Å². The summed E-state index contributed by atoms with van der Waals surface area (Å²) in [4.78, 5) is 20.6. The minimum atomic E-state index is 0.150. The first-order valence-electron chi connectivity index (χ1n) is 12.8. The molecule has 0 unspecified atom stereocenters. The molecule has 192 valence electrons. The fourth-order valence-corrected chi connectivity index (χ4v) is 4.91. The van der Waals surface area contributed by atoms with E-state index in [4.69, 9.17) is 14.5 Å². The molecule has 0 bridgehead atoms. The number of fused-ring (bicyclic) bond motifs is 1. The molecular formula is C30H34N4O3.